The summed E-state index contributed by atoms with van der Waals surface area (Å²) in [6, 6.07) is 0.0185. The average Bonchev–Trinajstić information content (AvgIpc) is 2.47. The van der Waals surface area contributed by atoms with E-state index in [1.807, 2.05) is 0 Å². The Balaban J connectivity index is 2.82. The lowest BCUT2D eigenvalue weighted by Gasteiger charge is -2.24. The van der Waals surface area contributed by atoms with E-state index in [9.17, 15) is 8.42 Å². The fourth-order valence-electron chi connectivity index (χ4n) is 1.83. The first-order valence-electron chi connectivity index (χ1n) is 4.72. The van der Waals surface area contributed by atoms with Gasteiger partial charge in [0.15, 0.2) is 0 Å². The molecule has 4 nitrogen and oxygen atoms in total. The lowest BCUT2D eigenvalue weighted by Crippen LogP contribution is -2.42. The fourth-order valence-corrected chi connectivity index (χ4v) is 3.26. The van der Waals surface area contributed by atoms with Crippen molar-refractivity contribution < 1.29 is 8.42 Å². The Morgan fingerprint density at radius 1 is 1.54 bits per heavy atom. The molecule has 1 fully saturated rings. The summed E-state index contributed by atoms with van der Waals surface area (Å²) in [6.45, 7) is 4.80. The molecule has 0 radical (unpaired) electrons. The topological polar surface area (TPSA) is 63.4 Å². The van der Waals surface area contributed by atoms with E-state index in [1.54, 1.807) is 11.2 Å². The van der Waals surface area contributed by atoms with Gasteiger partial charge >= 0.3 is 0 Å². The first kappa shape index (κ1) is 10.9. The van der Waals surface area contributed by atoms with Crippen LogP contribution in [0.4, 0.5) is 0 Å². The molecule has 1 aliphatic heterocycles. The summed E-state index contributed by atoms with van der Waals surface area (Å²) in [5.41, 5.74) is 5.56. The van der Waals surface area contributed by atoms with Crippen LogP contribution in [0.5, 0.6) is 0 Å². The van der Waals surface area contributed by atoms with E-state index in [4.69, 9.17) is 5.73 Å². The largest absolute Gasteiger partial charge is 0.329 e. The Bertz CT molecular complexity index is 263. The third-order valence-electron chi connectivity index (χ3n) is 2.80. The van der Waals surface area contributed by atoms with Gasteiger partial charge in [-0.25, -0.2) is 8.42 Å². The van der Waals surface area contributed by atoms with Crippen LogP contribution >= 0.6 is 0 Å². The molecule has 0 saturated carbocycles. The van der Waals surface area contributed by atoms with Gasteiger partial charge in [0.05, 0.1) is 5.75 Å². The summed E-state index contributed by atoms with van der Waals surface area (Å²) in [6.07, 6.45) is 0.932. The second-order valence-corrected chi connectivity index (χ2v) is 5.79. The second kappa shape index (κ2) is 3.94. The summed E-state index contributed by atoms with van der Waals surface area (Å²) in [5, 5.41) is 0. The molecule has 0 amide bonds. The van der Waals surface area contributed by atoms with Crippen molar-refractivity contribution in [2.24, 2.45) is 11.7 Å². The van der Waals surface area contributed by atoms with E-state index >= 15 is 0 Å². The van der Waals surface area contributed by atoms with Crippen LogP contribution in [0.2, 0.25) is 0 Å². The van der Waals surface area contributed by atoms with Gasteiger partial charge in [0.2, 0.25) is 10.0 Å². The number of nitrogens with two attached hydrogens (primary N) is 1. The highest BCUT2D eigenvalue weighted by Crippen LogP contribution is 2.25. The van der Waals surface area contributed by atoms with E-state index in [-0.39, 0.29) is 11.8 Å². The maximum absolute atomic E-state index is 11.6. The van der Waals surface area contributed by atoms with Crippen molar-refractivity contribution >= 4 is 10.0 Å². The minimum Gasteiger partial charge on any atom is -0.329 e. The fraction of sp³-hybridized carbons (Fsp3) is 1.00. The quantitative estimate of drug-likeness (QED) is 0.707. The van der Waals surface area contributed by atoms with E-state index in [0.29, 0.717) is 19.0 Å². The number of hydrogen-bond donors (Lipinski definition) is 1. The van der Waals surface area contributed by atoms with Crippen molar-refractivity contribution in [2.75, 3.05) is 18.8 Å². The molecule has 1 aliphatic rings. The van der Waals surface area contributed by atoms with Gasteiger partial charge in [-0.1, -0.05) is 6.92 Å². The molecule has 1 saturated heterocycles. The Labute approximate surface area is 80.1 Å². The van der Waals surface area contributed by atoms with Crippen LogP contribution in [0.15, 0.2) is 0 Å². The Morgan fingerprint density at radius 3 is 2.62 bits per heavy atom. The van der Waals surface area contributed by atoms with Crippen LogP contribution in [0.3, 0.4) is 0 Å². The molecule has 2 unspecified atom stereocenters. The van der Waals surface area contributed by atoms with Crippen molar-refractivity contribution in [3.05, 3.63) is 0 Å². The second-order valence-electron chi connectivity index (χ2n) is 3.58. The highest BCUT2D eigenvalue weighted by atomic mass is 32.2. The number of sulfonamides is 1. The molecule has 0 aromatic carbocycles. The van der Waals surface area contributed by atoms with Gasteiger partial charge < -0.3 is 5.73 Å². The zero-order chi connectivity index (χ0) is 10.1. The molecule has 2 N–H and O–H groups in total. The molecule has 0 spiro atoms. The zero-order valence-electron chi connectivity index (χ0n) is 8.23. The van der Waals surface area contributed by atoms with Gasteiger partial charge in [-0.15, -0.1) is 0 Å². The van der Waals surface area contributed by atoms with E-state index in [0.717, 1.165) is 6.42 Å². The van der Waals surface area contributed by atoms with Crippen molar-refractivity contribution in [3.63, 3.8) is 0 Å². The van der Waals surface area contributed by atoms with Crippen LogP contribution in [0.1, 0.15) is 20.3 Å². The van der Waals surface area contributed by atoms with Gasteiger partial charge in [0, 0.05) is 19.1 Å². The predicted molar refractivity (Wildman–Crippen MR) is 52.8 cm³/mol. The van der Waals surface area contributed by atoms with Crippen LogP contribution in [0.25, 0.3) is 0 Å². The van der Waals surface area contributed by atoms with Crippen molar-refractivity contribution in [1.82, 2.24) is 4.31 Å². The van der Waals surface area contributed by atoms with Crippen molar-refractivity contribution in [3.8, 4) is 0 Å². The van der Waals surface area contributed by atoms with E-state index in [2.05, 4.69) is 6.92 Å². The zero-order valence-corrected chi connectivity index (χ0v) is 9.05. The van der Waals surface area contributed by atoms with E-state index < -0.39 is 10.0 Å². The molecule has 0 aromatic rings. The lowest BCUT2D eigenvalue weighted by molar-refractivity contribution is 0.355. The third-order valence-corrected chi connectivity index (χ3v) is 4.69. The Hall–Kier alpha value is -0.130. The normalized spacial score (nSPS) is 31.0. The summed E-state index contributed by atoms with van der Waals surface area (Å²) >= 11 is 0. The average molecular weight is 206 g/mol. The smallest absolute Gasteiger partial charge is 0.214 e. The third kappa shape index (κ3) is 2.03. The molecular formula is C8H18N2O2S. The lowest BCUT2D eigenvalue weighted by atomic mass is 10.0. The SMILES string of the molecule is CCS(=O)(=O)N1CCC(C)C1CN. The van der Waals surface area contributed by atoms with Gasteiger partial charge in [-0.05, 0) is 19.3 Å². The van der Waals surface area contributed by atoms with Crippen LogP contribution < -0.4 is 5.73 Å². The predicted octanol–water partition coefficient (Wildman–Crippen LogP) is 0.00520. The summed E-state index contributed by atoms with van der Waals surface area (Å²) in [4.78, 5) is 0. The standard InChI is InChI=1S/C8H18N2O2S/c1-3-13(11,12)10-5-4-7(2)8(10)6-9/h7-8H,3-6,9H2,1-2H3. The molecule has 5 heteroatoms. The van der Waals surface area contributed by atoms with Crippen LogP contribution in [0, 0.1) is 5.92 Å². The first-order chi connectivity index (χ1) is 6.03. The summed E-state index contributed by atoms with van der Waals surface area (Å²) in [7, 11) is -3.04. The molecule has 1 heterocycles. The molecule has 1 rings (SSSR count). The Morgan fingerprint density at radius 2 is 2.15 bits per heavy atom. The molecule has 0 aromatic heterocycles. The molecule has 0 bridgehead atoms. The minimum absolute atomic E-state index is 0.0185. The molecule has 13 heavy (non-hydrogen) atoms. The maximum Gasteiger partial charge on any atom is 0.214 e. The number of rotatable bonds is 3. The van der Waals surface area contributed by atoms with E-state index in [1.165, 1.54) is 0 Å². The van der Waals surface area contributed by atoms with Gasteiger partial charge in [-0.2, -0.15) is 4.31 Å². The monoisotopic (exact) mass is 206 g/mol. The van der Waals surface area contributed by atoms with Gasteiger partial charge in [0.1, 0.15) is 0 Å². The highest BCUT2D eigenvalue weighted by Gasteiger charge is 2.36. The molecule has 0 aliphatic carbocycles. The number of hydrogen-bond acceptors (Lipinski definition) is 3. The van der Waals surface area contributed by atoms with Gasteiger partial charge in [0.25, 0.3) is 0 Å². The Kier molecular flexibility index (Phi) is 3.32. The summed E-state index contributed by atoms with van der Waals surface area (Å²) in [5.74, 6) is 0.572. The van der Waals surface area contributed by atoms with Gasteiger partial charge in [-0.3, -0.25) is 0 Å². The van der Waals surface area contributed by atoms with Crippen LogP contribution in [-0.4, -0.2) is 37.6 Å². The van der Waals surface area contributed by atoms with Crippen molar-refractivity contribution in [2.45, 2.75) is 26.3 Å². The summed E-state index contributed by atoms with van der Waals surface area (Å²) < 4.78 is 24.7. The maximum atomic E-state index is 11.6. The van der Waals surface area contributed by atoms with Crippen molar-refractivity contribution in [1.29, 1.82) is 0 Å². The minimum atomic E-state index is -3.04. The number of nitrogens with zero attached hydrogens (tertiary/aromatic N) is 1. The first-order valence-corrected chi connectivity index (χ1v) is 6.33. The highest BCUT2D eigenvalue weighted by molar-refractivity contribution is 7.89. The molecule has 78 valence electrons. The van der Waals surface area contributed by atoms with Crippen LogP contribution in [-0.2, 0) is 10.0 Å². The molecular weight excluding hydrogens is 188 g/mol. The molecule has 2 atom stereocenters.